The summed E-state index contributed by atoms with van der Waals surface area (Å²) in [6, 6.07) is 11.3. The van der Waals surface area contributed by atoms with E-state index in [0.29, 0.717) is 23.6 Å². The van der Waals surface area contributed by atoms with Crippen molar-refractivity contribution in [2.24, 2.45) is 0 Å². The van der Waals surface area contributed by atoms with E-state index in [-0.39, 0.29) is 0 Å². The molecule has 3 aliphatic rings. The number of anilines is 1. The average molecular weight is 366 g/mol. The number of fused-ring (bicyclic) bond motifs is 2. The molecule has 1 aromatic carbocycles. The quantitative estimate of drug-likeness (QED) is 0.831. The molecule has 2 saturated heterocycles. The predicted octanol–water partition coefficient (Wildman–Crippen LogP) is 3.34. The molecule has 3 fully saturated rings. The molecule has 132 valence electrons. The minimum atomic E-state index is 0.432. The summed E-state index contributed by atoms with van der Waals surface area (Å²) in [7, 11) is 0. The van der Waals surface area contributed by atoms with Crippen molar-refractivity contribution >= 4 is 17.4 Å². The SMILES string of the molecule is N#Cc1cnc(C2CC2)nc1N1C[C@@H]2C[C@H]1CN2Cc1ccc(Cl)cc1. The Morgan fingerprint density at radius 1 is 1.15 bits per heavy atom. The van der Waals surface area contributed by atoms with E-state index in [1.54, 1.807) is 6.20 Å². The fourth-order valence-corrected chi connectivity index (χ4v) is 4.37. The van der Waals surface area contributed by atoms with Crippen molar-refractivity contribution in [2.75, 3.05) is 18.0 Å². The number of rotatable bonds is 4. The first-order chi connectivity index (χ1) is 12.7. The molecule has 26 heavy (non-hydrogen) atoms. The molecule has 2 bridgehead atoms. The van der Waals surface area contributed by atoms with Crippen molar-refractivity contribution in [1.29, 1.82) is 5.26 Å². The summed E-state index contributed by atoms with van der Waals surface area (Å²) < 4.78 is 0. The average Bonchev–Trinajstić information content (AvgIpc) is 3.34. The molecule has 0 radical (unpaired) electrons. The van der Waals surface area contributed by atoms with Crippen LogP contribution in [0, 0.1) is 11.3 Å². The highest BCUT2D eigenvalue weighted by atomic mass is 35.5. The van der Waals surface area contributed by atoms with Crippen molar-refractivity contribution in [3.63, 3.8) is 0 Å². The van der Waals surface area contributed by atoms with Gasteiger partial charge < -0.3 is 4.90 Å². The van der Waals surface area contributed by atoms with Gasteiger partial charge in [-0.1, -0.05) is 23.7 Å². The smallest absolute Gasteiger partial charge is 0.150 e. The highest BCUT2D eigenvalue weighted by Gasteiger charge is 2.44. The molecule has 2 aliphatic heterocycles. The molecule has 6 heteroatoms. The largest absolute Gasteiger partial charge is 0.350 e. The Morgan fingerprint density at radius 3 is 2.62 bits per heavy atom. The molecule has 5 nitrogen and oxygen atoms in total. The molecule has 0 unspecified atom stereocenters. The summed E-state index contributed by atoms with van der Waals surface area (Å²) in [4.78, 5) is 14.1. The molecule has 1 saturated carbocycles. The van der Waals surface area contributed by atoms with Gasteiger partial charge >= 0.3 is 0 Å². The predicted molar refractivity (Wildman–Crippen MR) is 100 cm³/mol. The van der Waals surface area contributed by atoms with Crippen LogP contribution in [0.4, 0.5) is 5.82 Å². The zero-order valence-corrected chi connectivity index (χ0v) is 15.2. The van der Waals surface area contributed by atoms with E-state index in [1.807, 2.05) is 12.1 Å². The first kappa shape index (κ1) is 16.0. The molecular weight excluding hydrogens is 346 g/mol. The monoisotopic (exact) mass is 365 g/mol. The maximum Gasteiger partial charge on any atom is 0.150 e. The van der Waals surface area contributed by atoms with Crippen molar-refractivity contribution in [3.8, 4) is 6.07 Å². The van der Waals surface area contributed by atoms with Gasteiger partial charge in [0.2, 0.25) is 0 Å². The molecule has 5 rings (SSSR count). The summed E-state index contributed by atoms with van der Waals surface area (Å²) in [5.41, 5.74) is 1.90. The molecule has 1 aliphatic carbocycles. The van der Waals surface area contributed by atoms with Crippen LogP contribution in [-0.2, 0) is 6.54 Å². The van der Waals surface area contributed by atoms with Crippen molar-refractivity contribution in [3.05, 3.63) is 52.4 Å². The molecular formula is C20H20ClN5. The zero-order chi connectivity index (χ0) is 17.7. The third kappa shape index (κ3) is 2.84. The van der Waals surface area contributed by atoms with Gasteiger partial charge in [0.25, 0.3) is 0 Å². The van der Waals surface area contributed by atoms with Crippen LogP contribution >= 0.6 is 11.6 Å². The highest BCUT2D eigenvalue weighted by molar-refractivity contribution is 6.30. The van der Waals surface area contributed by atoms with Crippen LogP contribution < -0.4 is 4.90 Å². The first-order valence-electron chi connectivity index (χ1n) is 9.23. The van der Waals surface area contributed by atoms with Crippen molar-refractivity contribution in [1.82, 2.24) is 14.9 Å². The lowest BCUT2D eigenvalue weighted by Gasteiger charge is -2.35. The van der Waals surface area contributed by atoms with Gasteiger partial charge in [-0.2, -0.15) is 5.26 Å². The van der Waals surface area contributed by atoms with E-state index in [4.69, 9.17) is 16.6 Å². The molecule has 2 aromatic rings. The Hall–Kier alpha value is -2.16. The Labute approximate surface area is 158 Å². The maximum atomic E-state index is 9.49. The second-order valence-corrected chi connectivity index (χ2v) is 8.04. The van der Waals surface area contributed by atoms with Gasteiger partial charge in [0.15, 0.2) is 5.82 Å². The minimum absolute atomic E-state index is 0.432. The molecule has 0 spiro atoms. The maximum absolute atomic E-state index is 9.49. The number of halogens is 1. The van der Waals surface area contributed by atoms with E-state index in [1.165, 1.54) is 18.4 Å². The lowest BCUT2D eigenvalue weighted by atomic mass is 10.2. The fraction of sp³-hybridized carbons (Fsp3) is 0.450. The van der Waals surface area contributed by atoms with E-state index >= 15 is 0 Å². The lowest BCUT2D eigenvalue weighted by molar-refractivity contribution is 0.230. The minimum Gasteiger partial charge on any atom is -0.350 e. The fourth-order valence-electron chi connectivity index (χ4n) is 4.25. The van der Waals surface area contributed by atoms with Gasteiger partial charge in [0.1, 0.15) is 17.5 Å². The number of nitrogens with zero attached hydrogens (tertiary/aromatic N) is 5. The van der Waals surface area contributed by atoms with Gasteiger partial charge in [0, 0.05) is 42.7 Å². The second-order valence-electron chi connectivity index (χ2n) is 7.60. The number of aromatic nitrogens is 2. The molecule has 0 amide bonds. The number of nitriles is 1. The first-order valence-corrected chi connectivity index (χ1v) is 9.61. The summed E-state index contributed by atoms with van der Waals surface area (Å²) in [6.07, 6.45) is 5.20. The summed E-state index contributed by atoms with van der Waals surface area (Å²) in [5.74, 6) is 2.27. The number of hydrogen-bond donors (Lipinski definition) is 0. The molecule has 0 N–H and O–H groups in total. The van der Waals surface area contributed by atoms with Crippen LogP contribution in [0.2, 0.25) is 5.02 Å². The summed E-state index contributed by atoms with van der Waals surface area (Å²) in [5, 5.41) is 10.3. The van der Waals surface area contributed by atoms with Gasteiger partial charge in [-0.25, -0.2) is 9.97 Å². The third-order valence-electron chi connectivity index (χ3n) is 5.78. The van der Waals surface area contributed by atoms with Crippen molar-refractivity contribution < 1.29 is 0 Å². The number of likely N-dealkylation sites (tertiary alicyclic amines) is 1. The van der Waals surface area contributed by atoms with Crippen LogP contribution in [0.25, 0.3) is 0 Å². The van der Waals surface area contributed by atoms with E-state index in [0.717, 1.165) is 42.7 Å². The third-order valence-corrected chi connectivity index (χ3v) is 6.03. The van der Waals surface area contributed by atoms with Gasteiger partial charge in [0.05, 0.1) is 6.20 Å². The Balaban J connectivity index is 1.33. The topological polar surface area (TPSA) is 56.1 Å². The summed E-state index contributed by atoms with van der Waals surface area (Å²) in [6.45, 7) is 2.91. The zero-order valence-electron chi connectivity index (χ0n) is 14.5. The lowest BCUT2D eigenvalue weighted by Crippen LogP contribution is -2.46. The van der Waals surface area contributed by atoms with Gasteiger partial charge in [-0.05, 0) is 37.0 Å². The Bertz CT molecular complexity index is 871. The van der Waals surface area contributed by atoms with Crippen LogP contribution in [0.1, 0.15) is 42.1 Å². The van der Waals surface area contributed by atoms with Gasteiger partial charge in [-0.15, -0.1) is 0 Å². The Kier molecular flexibility index (Phi) is 3.84. The standard InChI is InChI=1S/C20H20ClN5/c21-16-5-1-13(2-6-16)10-25-11-18-7-17(25)12-26(18)20-15(8-22)9-23-19(24-20)14-3-4-14/h1-2,5-6,9,14,17-18H,3-4,7,10-12H2/t17-,18-/m0/s1. The van der Waals surface area contributed by atoms with E-state index in [9.17, 15) is 5.26 Å². The number of hydrogen-bond acceptors (Lipinski definition) is 5. The molecule has 3 heterocycles. The van der Waals surface area contributed by atoms with Crippen LogP contribution in [-0.4, -0.2) is 40.0 Å². The number of piperazine rings is 1. The van der Waals surface area contributed by atoms with E-state index < -0.39 is 0 Å². The second kappa shape index (κ2) is 6.22. The number of benzene rings is 1. The normalized spacial score (nSPS) is 24.8. The van der Waals surface area contributed by atoms with Crippen LogP contribution in [0.15, 0.2) is 30.5 Å². The van der Waals surface area contributed by atoms with Gasteiger partial charge in [-0.3, -0.25) is 4.90 Å². The Morgan fingerprint density at radius 2 is 1.96 bits per heavy atom. The molecule has 1 aromatic heterocycles. The van der Waals surface area contributed by atoms with E-state index in [2.05, 4.69) is 33.0 Å². The molecule has 2 atom stereocenters. The highest BCUT2D eigenvalue weighted by Crippen LogP contribution is 2.40. The van der Waals surface area contributed by atoms with Crippen molar-refractivity contribution in [2.45, 2.75) is 43.8 Å². The summed E-state index contributed by atoms with van der Waals surface area (Å²) >= 11 is 5.99. The van der Waals surface area contributed by atoms with Crippen LogP contribution in [0.5, 0.6) is 0 Å². The van der Waals surface area contributed by atoms with Crippen LogP contribution in [0.3, 0.4) is 0 Å².